The Balaban J connectivity index is 2.10. The van der Waals surface area contributed by atoms with Gasteiger partial charge in [-0.05, 0) is 43.2 Å². The van der Waals surface area contributed by atoms with Gasteiger partial charge in [-0.3, -0.25) is 15.1 Å². The molecule has 0 aliphatic rings. The highest BCUT2D eigenvalue weighted by atomic mass is 32.1. The second-order valence-corrected chi connectivity index (χ2v) is 6.64. The fraction of sp³-hybridized carbons (Fsp3) is 0.167. The molecule has 0 atom stereocenters. The molecule has 8 heteroatoms. The maximum absolute atomic E-state index is 12.1. The summed E-state index contributed by atoms with van der Waals surface area (Å²) in [4.78, 5) is 32.5. The highest BCUT2D eigenvalue weighted by Crippen LogP contribution is 2.39. The van der Waals surface area contributed by atoms with Crippen molar-refractivity contribution in [3.8, 4) is 0 Å². The minimum Gasteiger partial charge on any atom is -0.465 e. The summed E-state index contributed by atoms with van der Waals surface area (Å²) in [5, 5.41) is 11.5. The predicted octanol–water partition coefficient (Wildman–Crippen LogP) is 4.36. The van der Waals surface area contributed by atoms with E-state index in [1.165, 1.54) is 30.6 Å². The highest BCUT2D eigenvalue weighted by molar-refractivity contribution is 7.21. The molecule has 0 amide bonds. The second-order valence-electron chi connectivity index (χ2n) is 5.64. The van der Waals surface area contributed by atoms with Crippen LogP contribution in [0.5, 0.6) is 0 Å². The number of nitrogens with zero attached hydrogens (tertiary/aromatic N) is 3. The van der Waals surface area contributed by atoms with Gasteiger partial charge in [0.15, 0.2) is 0 Å². The summed E-state index contributed by atoms with van der Waals surface area (Å²) in [5.41, 5.74) is 3.02. The molecule has 0 saturated heterocycles. The van der Waals surface area contributed by atoms with Gasteiger partial charge in [0.2, 0.25) is 0 Å². The average molecular weight is 369 g/mol. The number of non-ortho nitro benzene ring substituents is 1. The Kier molecular flexibility index (Phi) is 4.77. The number of thiophene rings is 1. The molecular formula is C18H15N3O4S. The van der Waals surface area contributed by atoms with Crippen LogP contribution in [0, 0.1) is 24.0 Å². The smallest absolute Gasteiger partial charge is 0.350 e. The maximum atomic E-state index is 12.1. The zero-order valence-electron chi connectivity index (χ0n) is 14.3. The number of aliphatic imine (C=N–C) groups is 1. The summed E-state index contributed by atoms with van der Waals surface area (Å²) >= 11 is 1.24. The molecule has 0 aliphatic heterocycles. The number of nitro groups is 1. The molecule has 0 radical (unpaired) electrons. The van der Waals surface area contributed by atoms with Crippen molar-refractivity contribution in [1.82, 2.24) is 4.98 Å². The van der Waals surface area contributed by atoms with E-state index in [0.717, 1.165) is 21.5 Å². The number of carbonyl (C=O) groups excluding carboxylic acids is 1. The Morgan fingerprint density at radius 3 is 2.62 bits per heavy atom. The van der Waals surface area contributed by atoms with E-state index in [-0.39, 0.29) is 5.69 Å². The third-order valence-corrected chi connectivity index (χ3v) is 4.83. The van der Waals surface area contributed by atoms with Crippen molar-refractivity contribution in [2.45, 2.75) is 13.8 Å². The Morgan fingerprint density at radius 1 is 1.31 bits per heavy atom. The number of hydrogen-bond donors (Lipinski definition) is 0. The molecule has 0 fully saturated rings. The number of esters is 1. The minimum atomic E-state index is -0.471. The van der Waals surface area contributed by atoms with Crippen molar-refractivity contribution >= 4 is 45.1 Å². The third-order valence-electron chi connectivity index (χ3n) is 3.78. The van der Waals surface area contributed by atoms with Crippen LogP contribution in [0.2, 0.25) is 0 Å². The molecule has 0 aliphatic carbocycles. The van der Waals surface area contributed by atoms with Crippen LogP contribution in [0.15, 0.2) is 35.3 Å². The van der Waals surface area contributed by atoms with Crippen molar-refractivity contribution < 1.29 is 14.5 Å². The Bertz CT molecular complexity index is 1040. The molecular weight excluding hydrogens is 354 g/mol. The van der Waals surface area contributed by atoms with Crippen LogP contribution < -0.4 is 0 Å². The topological polar surface area (TPSA) is 94.7 Å². The van der Waals surface area contributed by atoms with Crippen molar-refractivity contribution in [3.63, 3.8) is 0 Å². The van der Waals surface area contributed by atoms with Crippen LogP contribution >= 0.6 is 11.3 Å². The molecule has 1 aromatic carbocycles. The van der Waals surface area contributed by atoms with Gasteiger partial charge in [0.1, 0.15) is 9.71 Å². The lowest BCUT2D eigenvalue weighted by molar-refractivity contribution is -0.384. The molecule has 2 aromatic heterocycles. The molecule has 0 unspecified atom stereocenters. The lowest BCUT2D eigenvalue weighted by Gasteiger charge is -2.01. The number of pyridine rings is 1. The lowest BCUT2D eigenvalue weighted by Crippen LogP contribution is -1.98. The molecule has 7 nitrogen and oxygen atoms in total. The van der Waals surface area contributed by atoms with E-state index in [1.807, 2.05) is 19.9 Å². The molecule has 132 valence electrons. The van der Waals surface area contributed by atoms with Gasteiger partial charge in [0.25, 0.3) is 5.69 Å². The maximum Gasteiger partial charge on any atom is 0.350 e. The van der Waals surface area contributed by atoms with Crippen molar-refractivity contribution in [2.75, 3.05) is 7.11 Å². The van der Waals surface area contributed by atoms with Gasteiger partial charge in [-0.15, -0.1) is 11.3 Å². The highest BCUT2D eigenvalue weighted by Gasteiger charge is 2.21. The van der Waals surface area contributed by atoms with E-state index < -0.39 is 10.9 Å². The van der Waals surface area contributed by atoms with E-state index in [1.54, 1.807) is 18.3 Å². The van der Waals surface area contributed by atoms with Gasteiger partial charge < -0.3 is 4.74 Å². The van der Waals surface area contributed by atoms with Crippen LogP contribution in [0.1, 0.15) is 26.5 Å². The Morgan fingerprint density at radius 2 is 2.00 bits per heavy atom. The van der Waals surface area contributed by atoms with Crippen LogP contribution in [-0.4, -0.2) is 29.2 Å². The number of fused-ring (bicyclic) bond motifs is 1. The normalized spacial score (nSPS) is 11.2. The van der Waals surface area contributed by atoms with Gasteiger partial charge in [0.05, 0.1) is 17.7 Å². The number of aryl methyl sites for hydroxylation is 2. The van der Waals surface area contributed by atoms with E-state index in [0.29, 0.717) is 16.1 Å². The minimum absolute atomic E-state index is 0.00824. The quantitative estimate of drug-likeness (QED) is 0.295. The van der Waals surface area contributed by atoms with Crippen LogP contribution in [-0.2, 0) is 4.74 Å². The summed E-state index contributed by atoms with van der Waals surface area (Å²) in [6.07, 6.45) is 1.57. The van der Waals surface area contributed by atoms with E-state index >= 15 is 0 Å². The first-order valence-corrected chi connectivity index (χ1v) is 8.50. The zero-order valence-corrected chi connectivity index (χ0v) is 15.2. The first kappa shape index (κ1) is 17.7. The van der Waals surface area contributed by atoms with E-state index in [2.05, 4.69) is 9.98 Å². The van der Waals surface area contributed by atoms with E-state index in [4.69, 9.17) is 4.74 Å². The predicted molar refractivity (Wildman–Crippen MR) is 101 cm³/mol. The molecule has 0 spiro atoms. The number of carbonyl (C=O) groups is 1. The van der Waals surface area contributed by atoms with Gasteiger partial charge in [-0.1, -0.05) is 0 Å². The second kappa shape index (κ2) is 7.01. The molecule has 3 aromatic rings. The summed E-state index contributed by atoms with van der Waals surface area (Å²) in [7, 11) is 1.32. The first-order chi connectivity index (χ1) is 12.4. The zero-order chi connectivity index (χ0) is 18.8. The summed E-state index contributed by atoms with van der Waals surface area (Å²) in [6, 6.07) is 7.95. The molecule has 26 heavy (non-hydrogen) atoms. The van der Waals surface area contributed by atoms with Gasteiger partial charge >= 0.3 is 5.97 Å². The van der Waals surface area contributed by atoms with Crippen molar-refractivity contribution in [1.29, 1.82) is 0 Å². The molecule has 2 heterocycles. The number of ether oxygens (including phenoxy) is 1. The largest absolute Gasteiger partial charge is 0.465 e. The monoisotopic (exact) mass is 369 g/mol. The number of methoxy groups -OCH3 is 1. The lowest BCUT2D eigenvalue weighted by atomic mass is 10.1. The first-order valence-electron chi connectivity index (χ1n) is 7.68. The fourth-order valence-corrected chi connectivity index (χ4v) is 3.76. The third kappa shape index (κ3) is 3.31. The van der Waals surface area contributed by atoms with Crippen molar-refractivity contribution in [3.05, 3.63) is 62.1 Å². The SMILES string of the molecule is COC(=O)c1sc2nc(C)cc(C)c2c1N=Cc1ccc([N+](=O)[O-])cc1. The molecule has 0 bridgehead atoms. The average Bonchev–Trinajstić information content (AvgIpc) is 2.98. The Labute approximate surface area is 153 Å². The number of hydrogen-bond acceptors (Lipinski definition) is 7. The summed E-state index contributed by atoms with van der Waals surface area (Å²) in [5.74, 6) is -0.471. The van der Waals surface area contributed by atoms with Crippen LogP contribution in [0.4, 0.5) is 11.4 Å². The van der Waals surface area contributed by atoms with Crippen LogP contribution in [0.3, 0.4) is 0 Å². The Hall–Kier alpha value is -3.13. The number of rotatable bonds is 4. The van der Waals surface area contributed by atoms with E-state index in [9.17, 15) is 14.9 Å². The summed E-state index contributed by atoms with van der Waals surface area (Å²) in [6.45, 7) is 3.83. The molecule has 0 N–H and O–H groups in total. The molecule has 3 rings (SSSR count). The number of aromatic nitrogens is 1. The number of nitro benzene ring substituents is 1. The fourth-order valence-electron chi connectivity index (χ4n) is 2.60. The van der Waals surface area contributed by atoms with Crippen LogP contribution in [0.25, 0.3) is 10.2 Å². The molecule has 0 saturated carbocycles. The van der Waals surface area contributed by atoms with Gasteiger partial charge in [-0.25, -0.2) is 9.78 Å². The van der Waals surface area contributed by atoms with Crippen molar-refractivity contribution in [2.24, 2.45) is 4.99 Å². The summed E-state index contributed by atoms with van der Waals surface area (Å²) < 4.78 is 4.87. The van der Waals surface area contributed by atoms with Gasteiger partial charge in [-0.2, -0.15) is 0 Å². The van der Waals surface area contributed by atoms with Gasteiger partial charge in [0, 0.05) is 29.4 Å². The standard InChI is InChI=1S/C18H15N3O4S/c1-10-8-11(2)20-17-14(10)15(16(26-17)18(22)25-3)19-9-12-4-6-13(7-5-12)21(23)24/h4-9H,1-3H3. The number of benzene rings is 1.